The lowest BCUT2D eigenvalue weighted by Gasteiger charge is -2.32. The molecule has 1 amide bonds. The number of rotatable bonds is 3. The Morgan fingerprint density at radius 2 is 1.90 bits per heavy atom. The van der Waals surface area contributed by atoms with Crippen LogP contribution in [0.15, 0.2) is 53.5 Å². The van der Waals surface area contributed by atoms with Gasteiger partial charge >= 0.3 is 12.3 Å². The molecule has 0 unspecified atom stereocenters. The summed E-state index contributed by atoms with van der Waals surface area (Å²) in [7, 11) is 0. The topological polar surface area (TPSA) is 72.0 Å². The van der Waals surface area contributed by atoms with Gasteiger partial charge < -0.3 is 4.74 Å². The molecule has 6 nitrogen and oxygen atoms in total. The van der Waals surface area contributed by atoms with Crippen LogP contribution in [0.4, 0.5) is 23.7 Å². The van der Waals surface area contributed by atoms with Crippen molar-refractivity contribution in [1.29, 1.82) is 0 Å². The number of nitrogens with one attached hydrogen (secondary N) is 2. The Hall–Kier alpha value is -2.78. The second-order valence-electron chi connectivity index (χ2n) is 7.40. The number of anilines is 1. The van der Waals surface area contributed by atoms with E-state index in [1.165, 1.54) is 6.07 Å². The normalized spacial score (nSPS) is 23.2. The van der Waals surface area contributed by atoms with Gasteiger partial charge in [0.1, 0.15) is 6.10 Å². The fraction of sp³-hybridized carbons (Fsp3) is 0.333. The van der Waals surface area contributed by atoms with Gasteiger partial charge in [0.15, 0.2) is 11.6 Å². The summed E-state index contributed by atoms with van der Waals surface area (Å²) in [6.45, 7) is 0. The van der Waals surface area contributed by atoms with Crippen LogP contribution in [0, 0.1) is 0 Å². The average molecular weight is 454 g/mol. The monoisotopic (exact) mass is 453 g/mol. The standard InChI is InChI=1S/C21H19ClF3N3O3/c22-17-7-6-14(12-16(17)21(23,24)25)26-19(29)30-15-8-10-20(11-9-15)27-18(28-31-20)13-4-2-1-3-5-13/h1-7,12,15H,8-11H2,(H,26,29)(H,27,28). The van der Waals surface area contributed by atoms with Crippen LogP contribution in [0.3, 0.4) is 0 Å². The van der Waals surface area contributed by atoms with Crippen LogP contribution in [-0.2, 0) is 15.8 Å². The van der Waals surface area contributed by atoms with Crippen molar-refractivity contribution in [1.82, 2.24) is 5.48 Å². The maximum absolute atomic E-state index is 13.0. The zero-order chi connectivity index (χ0) is 22.1. The highest BCUT2D eigenvalue weighted by Gasteiger charge is 2.42. The quantitative estimate of drug-likeness (QED) is 0.641. The van der Waals surface area contributed by atoms with E-state index in [1.807, 2.05) is 30.3 Å². The fourth-order valence-electron chi connectivity index (χ4n) is 3.61. The summed E-state index contributed by atoms with van der Waals surface area (Å²) < 4.78 is 44.3. The lowest BCUT2D eigenvalue weighted by Crippen LogP contribution is -2.38. The van der Waals surface area contributed by atoms with Crippen LogP contribution >= 0.6 is 11.6 Å². The second-order valence-corrected chi connectivity index (χ2v) is 7.81. The maximum Gasteiger partial charge on any atom is 0.417 e. The molecule has 2 aromatic carbocycles. The van der Waals surface area contributed by atoms with E-state index in [9.17, 15) is 18.0 Å². The van der Waals surface area contributed by atoms with Crippen molar-refractivity contribution in [2.24, 2.45) is 4.99 Å². The van der Waals surface area contributed by atoms with Gasteiger partial charge in [0.05, 0.1) is 10.6 Å². The van der Waals surface area contributed by atoms with E-state index in [1.54, 1.807) is 0 Å². The Kier molecular flexibility index (Phi) is 5.81. The zero-order valence-electron chi connectivity index (χ0n) is 16.2. The zero-order valence-corrected chi connectivity index (χ0v) is 17.0. The summed E-state index contributed by atoms with van der Waals surface area (Å²) in [4.78, 5) is 22.6. The summed E-state index contributed by atoms with van der Waals surface area (Å²) in [6, 6.07) is 12.7. The SMILES string of the molecule is O=C(Nc1ccc(Cl)c(C(F)(F)F)c1)OC1CCC2(CC1)N=C(c1ccccc1)NO2. The van der Waals surface area contributed by atoms with Crippen LogP contribution in [-0.4, -0.2) is 23.8 Å². The molecule has 2 aromatic rings. The molecule has 1 fully saturated rings. The van der Waals surface area contributed by atoms with Crippen LogP contribution in [0.5, 0.6) is 0 Å². The highest BCUT2D eigenvalue weighted by atomic mass is 35.5. The number of alkyl halides is 3. The smallest absolute Gasteiger partial charge is 0.417 e. The lowest BCUT2D eigenvalue weighted by atomic mass is 9.90. The van der Waals surface area contributed by atoms with Gasteiger partial charge in [-0.2, -0.15) is 13.2 Å². The third kappa shape index (κ3) is 4.94. The summed E-state index contributed by atoms with van der Waals surface area (Å²) >= 11 is 5.59. The number of hydroxylamine groups is 1. The van der Waals surface area contributed by atoms with E-state index in [2.05, 4.69) is 15.8 Å². The number of nitrogens with zero attached hydrogens (tertiary/aromatic N) is 1. The molecule has 4 rings (SSSR count). The van der Waals surface area contributed by atoms with Gasteiger partial charge in [-0.05, 0) is 31.0 Å². The van der Waals surface area contributed by atoms with Crippen LogP contribution in [0.25, 0.3) is 0 Å². The number of amidine groups is 1. The van der Waals surface area contributed by atoms with Gasteiger partial charge in [-0.15, -0.1) is 0 Å². The first-order valence-corrected chi connectivity index (χ1v) is 10.1. The minimum absolute atomic E-state index is 0.0468. The number of benzene rings is 2. The molecule has 0 bridgehead atoms. The first kappa shape index (κ1) is 21.5. The summed E-state index contributed by atoms with van der Waals surface area (Å²) in [5, 5.41) is 1.89. The molecule has 2 N–H and O–H groups in total. The van der Waals surface area contributed by atoms with E-state index in [4.69, 9.17) is 21.2 Å². The van der Waals surface area contributed by atoms with Crippen molar-refractivity contribution in [2.75, 3.05) is 5.32 Å². The molecular weight excluding hydrogens is 435 g/mol. The molecule has 0 aromatic heterocycles. The maximum atomic E-state index is 13.0. The third-order valence-electron chi connectivity index (χ3n) is 5.21. The first-order chi connectivity index (χ1) is 14.7. The van der Waals surface area contributed by atoms with E-state index in [0.717, 1.165) is 17.7 Å². The Labute approximate surface area is 181 Å². The predicted octanol–water partition coefficient (Wildman–Crippen LogP) is 5.53. The van der Waals surface area contributed by atoms with Crippen molar-refractivity contribution in [3.63, 3.8) is 0 Å². The minimum atomic E-state index is -4.62. The minimum Gasteiger partial charge on any atom is -0.446 e. The van der Waals surface area contributed by atoms with Crippen molar-refractivity contribution in [3.8, 4) is 0 Å². The van der Waals surface area contributed by atoms with Crippen LogP contribution in [0.1, 0.15) is 36.8 Å². The largest absolute Gasteiger partial charge is 0.446 e. The van der Waals surface area contributed by atoms with Crippen molar-refractivity contribution in [2.45, 2.75) is 43.7 Å². The number of hydrogen-bond donors (Lipinski definition) is 2. The Morgan fingerprint density at radius 3 is 2.58 bits per heavy atom. The Bertz CT molecular complexity index is 990. The first-order valence-electron chi connectivity index (χ1n) is 9.68. The van der Waals surface area contributed by atoms with Crippen LogP contribution in [0.2, 0.25) is 5.02 Å². The molecule has 1 saturated carbocycles. The molecule has 1 heterocycles. The highest BCUT2D eigenvalue weighted by molar-refractivity contribution is 6.31. The highest BCUT2D eigenvalue weighted by Crippen LogP contribution is 2.38. The van der Waals surface area contributed by atoms with Gasteiger partial charge in [-0.25, -0.2) is 20.1 Å². The molecule has 2 aliphatic rings. The number of amides is 1. The Morgan fingerprint density at radius 1 is 1.19 bits per heavy atom. The number of carbonyl (C=O) groups excluding carboxylic acids is 1. The van der Waals surface area contributed by atoms with E-state index >= 15 is 0 Å². The molecule has 164 valence electrons. The number of carbonyl (C=O) groups is 1. The van der Waals surface area contributed by atoms with Gasteiger partial charge in [0.2, 0.25) is 0 Å². The third-order valence-corrected chi connectivity index (χ3v) is 5.54. The summed E-state index contributed by atoms with van der Waals surface area (Å²) in [6.07, 6.45) is -3.74. The average Bonchev–Trinajstić information content (AvgIpc) is 3.15. The molecule has 0 atom stereocenters. The molecular formula is C21H19ClF3N3O3. The number of halogens is 4. The molecule has 1 aliphatic heterocycles. The van der Waals surface area contributed by atoms with Crippen LogP contribution < -0.4 is 10.8 Å². The molecule has 1 aliphatic carbocycles. The number of aliphatic imine (C=N–C) groups is 1. The molecule has 10 heteroatoms. The van der Waals surface area contributed by atoms with Crippen molar-refractivity contribution >= 4 is 29.2 Å². The van der Waals surface area contributed by atoms with E-state index in [0.29, 0.717) is 31.5 Å². The van der Waals surface area contributed by atoms with Crippen molar-refractivity contribution < 1.29 is 27.5 Å². The fourth-order valence-corrected chi connectivity index (χ4v) is 3.83. The molecule has 1 spiro atoms. The molecule has 0 saturated heterocycles. The second kappa shape index (κ2) is 8.39. The summed E-state index contributed by atoms with van der Waals surface area (Å²) in [5.74, 6) is 0.654. The summed E-state index contributed by atoms with van der Waals surface area (Å²) in [5.41, 5.74) is 2.01. The van der Waals surface area contributed by atoms with E-state index in [-0.39, 0.29) is 11.8 Å². The Balaban J connectivity index is 1.33. The van der Waals surface area contributed by atoms with E-state index < -0.39 is 28.6 Å². The number of ether oxygens (including phenoxy) is 1. The molecule has 0 radical (unpaired) electrons. The van der Waals surface area contributed by atoms with Gasteiger partial charge in [0.25, 0.3) is 0 Å². The van der Waals surface area contributed by atoms with Gasteiger partial charge in [0, 0.05) is 24.1 Å². The number of hydrogen-bond acceptors (Lipinski definition) is 5. The lowest BCUT2D eigenvalue weighted by molar-refractivity contribution is -0.137. The van der Waals surface area contributed by atoms with Gasteiger partial charge in [-0.3, -0.25) is 5.32 Å². The van der Waals surface area contributed by atoms with Gasteiger partial charge in [-0.1, -0.05) is 41.9 Å². The van der Waals surface area contributed by atoms with Crippen molar-refractivity contribution in [3.05, 3.63) is 64.7 Å². The molecule has 31 heavy (non-hydrogen) atoms. The predicted molar refractivity (Wildman–Crippen MR) is 109 cm³/mol.